The molecule has 1 aromatic heterocycles. The van der Waals surface area contributed by atoms with E-state index in [1.54, 1.807) is 6.07 Å². The highest BCUT2D eigenvalue weighted by molar-refractivity contribution is 7.91. The number of unbranched alkanes of at least 4 members (excludes halogenated alkanes) is 2. The quantitative estimate of drug-likeness (QED) is 0.294. The SMILES string of the molecule is CCCCCc1ccc(C#Cc2ccc(S(=O)(=O)NC(CC(=O)O)C[N+](C)(C)C)s2)cc1. The van der Waals surface area contributed by atoms with Crippen LogP contribution in [0.2, 0.25) is 0 Å². The van der Waals surface area contributed by atoms with Gasteiger partial charge in [0.15, 0.2) is 0 Å². The summed E-state index contributed by atoms with van der Waals surface area (Å²) in [5.74, 6) is 5.07. The lowest BCUT2D eigenvalue weighted by Gasteiger charge is -2.28. The number of nitrogens with one attached hydrogen (secondary N) is 1. The van der Waals surface area contributed by atoms with Gasteiger partial charge in [-0.05, 0) is 42.7 Å². The standard InChI is InChI=1S/C24H32N2O4S2/c1-5-6-7-8-19-9-11-20(12-10-19)13-14-22-15-16-24(31-22)32(29,30)25-21(17-23(27)28)18-26(2,3)4/h9-12,15-16,21,25H,5-8,17-18H2,1-4H3/p+1. The van der Waals surface area contributed by atoms with Gasteiger partial charge in [-0.1, -0.05) is 43.7 Å². The predicted octanol–water partition coefficient (Wildman–Crippen LogP) is 3.71. The van der Waals surface area contributed by atoms with Crippen LogP contribution in [0.5, 0.6) is 0 Å². The number of thiophene rings is 1. The van der Waals surface area contributed by atoms with E-state index < -0.39 is 22.0 Å². The molecule has 0 fully saturated rings. The number of nitrogens with zero attached hydrogens (tertiary/aromatic N) is 1. The molecule has 1 heterocycles. The molecular formula is C24H33N2O4S2+. The van der Waals surface area contributed by atoms with Gasteiger partial charge in [0.25, 0.3) is 10.0 Å². The van der Waals surface area contributed by atoms with E-state index in [1.807, 2.05) is 33.3 Å². The molecule has 32 heavy (non-hydrogen) atoms. The number of aryl methyl sites for hydroxylation is 1. The number of quaternary nitrogens is 1. The molecule has 2 aromatic rings. The fraction of sp³-hybridized carbons (Fsp3) is 0.458. The van der Waals surface area contributed by atoms with E-state index in [9.17, 15) is 13.2 Å². The van der Waals surface area contributed by atoms with Crippen LogP contribution in [-0.2, 0) is 21.2 Å². The predicted molar refractivity (Wildman–Crippen MR) is 129 cm³/mol. The second-order valence-corrected chi connectivity index (χ2v) is 11.9. The van der Waals surface area contributed by atoms with E-state index in [2.05, 4.69) is 35.6 Å². The number of rotatable bonds is 11. The first-order valence-electron chi connectivity index (χ1n) is 10.7. The zero-order chi connectivity index (χ0) is 23.8. The average Bonchev–Trinajstić information content (AvgIpc) is 3.15. The monoisotopic (exact) mass is 477 g/mol. The topological polar surface area (TPSA) is 83.5 Å². The van der Waals surface area contributed by atoms with Crippen LogP contribution in [0, 0.1) is 11.8 Å². The summed E-state index contributed by atoms with van der Waals surface area (Å²) in [4.78, 5) is 11.8. The maximum absolute atomic E-state index is 12.8. The number of carboxylic acids is 1. The van der Waals surface area contributed by atoms with Gasteiger partial charge < -0.3 is 9.59 Å². The second kappa shape index (κ2) is 11.6. The first kappa shape index (κ1) is 26.1. The first-order valence-corrected chi connectivity index (χ1v) is 13.0. The molecular weight excluding hydrogens is 444 g/mol. The van der Waals surface area contributed by atoms with Crippen LogP contribution in [0.3, 0.4) is 0 Å². The van der Waals surface area contributed by atoms with Crippen LogP contribution in [0.4, 0.5) is 0 Å². The van der Waals surface area contributed by atoms with Crippen molar-refractivity contribution in [3.05, 3.63) is 52.4 Å². The van der Waals surface area contributed by atoms with E-state index in [-0.39, 0.29) is 10.6 Å². The van der Waals surface area contributed by atoms with E-state index in [4.69, 9.17) is 5.11 Å². The van der Waals surface area contributed by atoms with Crippen molar-refractivity contribution in [3.8, 4) is 11.8 Å². The van der Waals surface area contributed by atoms with Gasteiger partial charge in [-0.2, -0.15) is 0 Å². The molecule has 174 valence electrons. The number of likely N-dealkylation sites (N-methyl/N-ethyl adjacent to an activating group) is 1. The van der Waals surface area contributed by atoms with E-state index in [0.717, 1.165) is 23.3 Å². The highest BCUT2D eigenvalue weighted by Crippen LogP contribution is 2.22. The molecule has 0 saturated heterocycles. The molecule has 0 radical (unpaired) electrons. The molecule has 2 N–H and O–H groups in total. The summed E-state index contributed by atoms with van der Waals surface area (Å²) in [6, 6.07) is 10.6. The minimum atomic E-state index is -3.83. The zero-order valence-corrected chi connectivity index (χ0v) is 20.9. The van der Waals surface area contributed by atoms with Crippen molar-refractivity contribution in [2.24, 2.45) is 0 Å². The summed E-state index contributed by atoms with van der Waals surface area (Å²) < 4.78 is 28.7. The summed E-state index contributed by atoms with van der Waals surface area (Å²) in [6.07, 6.45) is 4.41. The molecule has 8 heteroatoms. The van der Waals surface area contributed by atoms with Crippen LogP contribution < -0.4 is 4.72 Å². The van der Waals surface area contributed by atoms with Crippen LogP contribution in [0.25, 0.3) is 0 Å². The van der Waals surface area contributed by atoms with Crippen molar-refractivity contribution in [2.75, 3.05) is 27.7 Å². The Labute approximate surface area is 195 Å². The maximum Gasteiger partial charge on any atom is 0.305 e. The van der Waals surface area contributed by atoms with Gasteiger partial charge in [-0.3, -0.25) is 4.79 Å². The Morgan fingerprint density at radius 3 is 2.38 bits per heavy atom. The van der Waals surface area contributed by atoms with Gasteiger partial charge in [0.2, 0.25) is 0 Å². The van der Waals surface area contributed by atoms with Crippen molar-refractivity contribution in [1.29, 1.82) is 0 Å². The summed E-state index contributed by atoms with van der Waals surface area (Å²) in [7, 11) is 1.84. The molecule has 1 atom stereocenters. The van der Waals surface area contributed by atoms with Crippen LogP contribution >= 0.6 is 11.3 Å². The summed E-state index contributed by atoms with van der Waals surface area (Å²) in [6.45, 7) is 2.55. The fourth-order valence-electron chi connectivity index (χ4n) is 3.29. The Morgan fingerprint density at radius 1 is 1.09 bits per heavy atom. The van der Waals surface area contributed by atoms with Crippen molar-refractivity contribution < 1.29 is 22.8 Å². The number of hydrogen-bond acceptors (Lipinski definition) is 4. The van der Waals surface area contributed by atoms with Crippen LogP contribution in [0.1, 0.15) is 48.6 Å². The Bertz CT molecular complexity index is 1060. The lowest BCUT2D eigenvalue weighted by molar-refractivity contribution is -0.871. The molecule has 1 aromatic carbocycles. The molecule has 0 spiro atoms. The lowest BCUT2D eigenvalue weighted by atomic mass is 10.1. The highest BCUT2D eigenvalue weighted by Gasteiger charge is 2.27. The molecule has 2 rings (SSSR count). The molecule has 0 bridgehead atoms. The van der Waals surface area contributed by atoms with Crippen LogP contribution in [0.15, 0.2) is 40.6 Å². The zero-order valence-electron chi connectivity index (χ0n) is 19.2. The summed E-state index contributed by atoms with van der Waals surface area (Å²) in [5.41, 5.74) is 2.18. The van der Waals surface area contributed by atoms with Crippen molar-refractivity contribution in [3.63, 3.8) is 0 Å². The molecule has 1 unspecified atom stereocenters. The summed E-state index contributed by atoms with van der Waals surface area (Å²) >= 11 is 1.08. The first-order chi connectivity index (χ1) is 15.0. The third-order valence-electron chi connectivity index (χ3n) is 4.71. The van der Waals surface area contributed by atoms with Gasteiger partial charge in [0, 0.05) is 5.56 Å². The van der Waals surface area contributed by atoms with Gasteiger partial charge in [0.05, 0.1) is 45.0 Å². The number of hydrogen-bond donors (Lipinski definition) is 2. The Hall–Kier alpha value is -2.18. The highest BCUT2D eigenvalue weighted by atomic mass is 32.2. The van der Waals surface area contributed by atoms with E-state index in [0.29, 0.717) is 15.9 Å². The minimum Gasteiger partial charge on any atom is -0.481 e. The second-order valence-electron chi connectivity index (χ2n) is 8.91. The molecule has 0 amide bonds. The molecule has 0 aliphatic heterocycles. The largest absolute Gasteiger partial charge is 0.481 e. The number of aliphatic carboxylic acids is 1. The number of benzene rings is 1. The van der Waals surface area contributed by atoms with Crippen molar-refractivity contribution in [2.45, 2.75) is 49.3 Å². The Morgan fingerprint density at radius 2 is 1.78 bits per heavy atom. The molecule has 6 nitrogen and oxygen atoms in total. The molecule has 0 aliphatic rings. The molecule has 0 saturated carbocycles. The lowest BCUT2D eigenvalue weighted by Crippen LogP contribution is -2.49. The number of carboxylic acid groups (broad SMARTS) is 1. The number of carbonyl (C=O) groups is 1. The fourth-order valence-corrected chi connectivity index (χ4v) is 5.70. The van der Waals surface area contributed by atoms with Gasteiger partial charge in [-0.25, -0.2) is 13.1 Å². The Kier molecular flexibility index (Phi) is 9.47. The average molecular weight is 478 g/mol. The van der Waals surface area contributed by atoms with Crippen LogP contribution in [-0.4, -0.2) is 57.7 Å². The van der Waals surface area contributed by atoms with Gasteiger partial charge >= 0.3 is 5.97 Å². The Balaban J connectivity index is 2.08. The van der Waals surface area contributed by atoms with Gasteiger partial charge in [0.1, 0.15) is 4.21 Å². The third-order valence-corrected chi connectivity index (χ3v) is 7.72. The normalized spacial score (nSPS) is 12.8. The van der Waals surface area contributed by atoms with Crippen molar-refractivity contribution in [1.82, 2.24) is 4.72 Å². The van der Waals surface area contributed by atoms with Crippen molar-refractivity contribution >= 4 is 27.3 Å². The van der Waals surface area contributed by atoms with E-state index in [1.165, 1.54) is 30.9 Å². The van der Waals surface area contributed by atoms with Gasteiger partial charge in [-0.15, -0.1) is 11.3 Å². The number of sulfonamides is 1. The smallest absolute Gasteiger partial charge is 0.305 e. The summed E-state index contributed by atoms with van der Waals surface area (Å²) in [5, 5.41) is 9.14. The molecule has 0 aliphatic carbocycles. The maximum atomic E-state index is 12.8. The minimum absolute atomic E-state index is 0.130. The van der Waals surface area contributed by atoms with E-state index >= 15 is 0 Å². The third kappa shape index (κ3) is 9.13.